The van der Waals surface area contributed by atoms with Gasteiger partial charge < -0.3 is 4.90 Å². The van der Waals surface area contributed by atoms with E-state index >= 15 is 0 Å². The number of hydrogen-bond donors (Lipinski definition) is 0. The van der Waals surface area contributed by atoms with Gasteiger partial charge in [-0.2, -0.15) is 0 Å². The zero-order valence-corrected chi connectivity index (χ0v) is 23.1. The van der Waals surface area contributed by atoms with Crippen LogP contribution in [0.5, 0.6) is 0 Å². The first-order chi connectivity index (χ1) is 18.4. The Labute approximate surface area is 229 Å². The molecule has 1 aliphatic rings. The highest BCUT2D eigenvalue weighted by atomic mass is 32.1. The van der Waals surface area contributed by atoms with Crippen LogP contribution < -0.4 is 4.90 Å². The van der Waals surface area contributed by atoms with Crippen LogP contribution in [0.15, 0.2) is 115 Å². The van der Waals surface area contributed by atoms with Gasteiger partial charge in [0.05, 0.1) is 0 Å². The summed E-state index contributed by atoms with van der Waals surface area (Å²) in [6.45, 7) is 9.75. The Kier molecular flexibility index (Phi) is 5.09. The fourth-order valence-corrected chi connectivity index (χ4v) is 7.48. The minimum atomic E-state index is -0.0816. The third-order valence-electron chi connectivity index (χ3n) is 8.98. The number of hydrogen-bond acceptors (Lipinski definition) is 2. The van der Waals surface area contributed by atoms with Crippen LogP contribution >= 0.6 is 11.3 Å². The summed E-state index contributed by atoms with van der Waals surface area (Å²) in [6.07, 6.45) is 0. The molecule has 0 bridgehead atoms. The number of para-hydroxylation sites is 2. The highest BCUT2D eigenvalue weighted by Gasteiger charge is 2.47. The van der Waals surface area contributed by atoms with Gasteiger partial charge in [-0.25, -0.2) is 0 Å². The highest BCUT2D eigenvalue weighted by molar-refractivity contribution is 7.25. The predicted octanol–water partition coefficient (Wildman–Crippen LogP) is 10.8. The van der Waals surface area contributed by atoms with Crippen molar-refractivity contribution in [2.24, 2.45) is 0 Å². The Morgan fingerprint density at radius 2 is 1.13 bits per heavy atom. The van der Waals surface area contributed by atoms with Gasteiger partial charge in [-0.1, -0.05) is 94.4 Å². The Morgan fingerprint density at radius 3 is 1.82 bits per heavy atom. The first-order valence-corrected chi connectivity index (χ1v) is 14.2. The molecule has 5 aromatic carbocycles. The van der Waals surface area contributed by atoms with Crippen LogP contribution in [0, 0.1) is 0 Å². The maximum atomic E-state index is 2.44. The summed E-state index contributed by atoms with van der Waals surface area (Å²) < 4.78 is 2.75. The molecule has 0 saturated carbocycles. The minimum absolute atomic E-state index is 0.0678. The van der Waals surface area contributed by atoms with Gasteiger partial charge in [0.25, 0.3) is 0 Å². The average Bonchev–Trinajstić information content (AvgIpc) is 3.32. The normalized spacial score (nSPS) is 15.3. The first kappa shape index (κ1) is 23.3. The summed E-state index contributed by atoms with van der Waals surface area (Å²) in [6, 6.07) is 42.1. The minimum Gasteiger partial charge on any atom is -0.310 e. The van der Waals surface area contributed by atoms with E-state index in [1.54, 1.807) is 0 Å². The fourth-order valence-electron chi connectivity index (χ4n) is 6.36. The van der Waals surface area contributed by atoms with Crippen LogP contribution in [0.3, 0.4) is 0 Å². The Hall–Kier alpha value is -3.88. The van der Waals surface area contributed by atoms with Crippen molar-refractivity contribution in [3.05, 3.63) is 126 Å². The molecule has 1 nitrogen and oxygen atoms in total. The lowest BCUT2D eigenvalue weighted by molar-refractivity contribution is 0.301. The van der Waals surface area contributed by atoms with Crippen molar-refractivity contribution in [2.45, 2.75) is 38.5 Å². The van der Waals surface area contributed by atoms with Gasteiger partial charge in [-0.3, -0.25) is 0 Å². The van der Waals surface area contributed by atoms with Crippen molar-refractivity contribution in [1.29, 1.82) is 0 Å². The molecular weight excluding hydrogens is 478 g/mol. The largest absolute Gasteiger partial charge is 0.310 e. The molecule has 186 valence electrons. The van der Waals surface area contributed by atoms with Crippen LogP contribution in [0.2, 0.25) is 0 Å². The summed E-state index contributed by atoms with van der Waals surface area (Å²) in [7, 11) is 0. The van der Waals surface area contributed by atoms with E-state index in [1.807, 2.05) is 11.3 Å². The Morgan fingerprint density at radius 1 is 0.526 bits per heavy atom. The molecule has 38 heavy (non-hydrogen) atoms. The van der Waals surface area contributed by atoms with Crippen LogP contribution in [0.4, 0.5) is 17.1 Å². The SMILES string of the molecule is CC1(C)c2cc(N(c3ccccc3)c3ccccc3)ccc2-c2ccc3sc4ccccc4c3c2C1(C)C. The second kappa shape index (κ2) is 8.31. The van der Waals surface area contributed by atoms with E-state index in [4.69, 9.17) is 0 Å². The maximum absolute atomic E-state index is 2.44. The number of thiophene rings is 1. The summed E-state index contributed by atoms with van der Waals surface area (Å²) in [5, 5.41) is 2.82. The second-order valence-corrected chi connectivity index (χ2v) is 12.5. The maximum Gasteiger partial charge on any atom is 0.0464 e. The molecule has 0 radical (unpaired) electrons. The van der Waals surface area contributed by atoms with Crippen molar-refractivity contribution < 1.29 is 0 Å². The molecule has 0 fully saturated rings. The number of benzene rings is 5. The highest BCUT2D eigenvalue weighted by Crippen LogP contribution is 2.58. The zero-order chi connectivity index (χ0) is 26.1. The third-order valence-corrected chi connectivity index (χ3v) is 10.1. The van der Waals surface area contributed by atoms with Crippen LogP contribution in [0.25, 0.3) is 31.3 Å². The van der Waals surface area contributed by atoms with E-state index in [-0.39, 0.29) is 10.8 Å². The van der Waals surface area contributed by atoms with Gasteiger partial charge in [0.15, 0.2) is 0 Å². The van der Waals surface area contributed by atoms with Gasteiger partial charge in [0.1, 0.15) is 0 Å². The van der Waals surface area contributed by atoms with Crippen molar-refractivity contribution in [1.82, 2.24) is 0 Å². The van der Waals surface area contributed by atoms with E-state index in [2.05, 4.69) is 148 Å². The molecule has 1 aromatic heterocycles. The van der Waals surface area contributed by atoms with Gasteiger partial charge in [-0.15, -0.1) is 11.3 Å². The molecule has 0 unspecified atom stereocenters. The molecular formula is C36H31NS. The molecule has 1 heterocycles. The van der Waals surface area contributed by atoms with Crippen molar-refractivity contribution >= 4 is 48.6 Å². The van der Waals surface area contributed by atoms with E-state index in [0.29, 0.717) is 0 Å². The molecule has 6 aromatic rings. The van der Waals surface area contributed by atoms with Crippen LogP contribution in [-0.2, 0) is 10.8 Å². The van der Waals surface area contributed by atoms with E-state index in [9.17, 15) is 0 Å². The molecule has 2 heteroatoms. The Bertz CT molecular complexity index is 1770. The fraction of sp³-hybridized carbons (Fsp3) is 0.167. The lowest BCUT2D eigenvalue weighted by atomic mass is 9.55. The van der Waals surface area contributed by atoms with Crippen molar-refractivity contribution in [3.8, 4) is 11.1 Å². The lowest BCUT2D eigenvalue weighted by Crippen LogP contribution is -2.43. The van der Waals surface area contributed by atoms with Gasteiger partial charge in [0.2, 0.25) is 0 Å². The van der Waals surface area contributed by atoms with Crippen molar-refractivity contribution in [2.75, 3.05) is 4.90 Å². The second-order valence-electron chi connectivity index (χ2n) is 11.4. The van der Waals surface area contributed by atoms with Gasteiger partial charge in [-0.05, 0) is 76.2 Å². The van der Waals surface area contributed by atoms with Crippen LogP contribution in [-0.4, -0.2) is 0 Å². The quantitative estimate of drug-likeness (QED) is 0.229. The van der Waals surface area contributed by atoms with Gasteiger partial charge in [0, 0.05) is 42.6 Å². The van der Waals surface area contributed by atoms with Crippen LogP contribution in [0.1, 0.15) is 38.8 Å². The van der Waals surface area contributed by atoms with Crippen molar-refractivity contribution in [3.63, 3.8) is 0 Å². The molecule has 0 N–H and O–H groups in total. The number of anilines is 3. The first-order valence-electron chi connectivity index (χ1n) is 13.4. The monoisotopic (exact) mass is 509 g/mol. The third kappa shape index (κ3) is 3.23. The zero-order valence-electron chi connectivity index (χ0n) is 22.3. The molecule has 0 amide bonds. The summed E-state index contributed by atoms with van der Waals surface area (Å²) in [4.78, 5) is 2.37. The van der Waals surface area contributed by atoms with E-state index < -0.39 is 0 Å². The number of nitrogens with zero attached hydrogens (tertiary/aromatic N) is 1. The molecule has 0 aliphatic heterocycles. The standard InChI is InChI=1S/C36H31NS/c1-35(2)30-23-26(37(24-13-7-5-8-14-24)25-15-9-6-10-16-25)19-20-27(30)28-21-22-32-33(34(28)36(35,3)4)29-17-11-12-18-31(29)38-32/h5-23H,1-4H3. The molecule has 7 rings (SSSR count). The molecule has 0 spiro atoms. The molecule has 0 atom stereocenters. The summed E-state index contributed by atoms with van der Waals surface area (Å²) in [5.74, 6) is 0. The summed E-state index contributed by atoms with van der Waals surface area (Å²) in [5.41, 5.74) is 8.99. The van der Waals surface area contributed by atoms with Gasteiger partial charge >= 0.3 is 0 Å². The smallest absolute Gasteiger partial charge is 0.0464 e. The summed E-state index contributed by atoms with van der Waals surface area (Å²) >= 11 is 1.91. The molecule has 0 saturated heterocycles. The van der Waals surface area contributed by atoms with E-state index in [1.165, 1.54) is 59.5 Å². The number of fused-ring (bicyclic) bond motifs is 7. The lowest BCUT2D eigenvalue weighted by Gasteiger charge is -2.49. The average molecular weight is 510 g/mol. The molecule has 1 aliphatic carbocycles. The topological polar surface area (TPSA) is 3.24 Å². The Balaban J connectivity index is 1.50. The predicted molar refractivity (Wildman–Crippen MR) is 166 cm³/mol. The van der Waals surface area contributed by atoms with E-state index in [0.717, 1.165) is 0 Å². The number of rotatable bonds is 3.